The monoisotopic (exact) mass is 1410 g/mol. The first-order chi connectivity index (χ1) is 48.7. The van der Waals surface area contributed by atoms with Crippen LogP contribution in [-0.2, 0) is 0 Å². The van der Waals surface area contributed by atoms with E-state index in [1.165, 1.54) is 41.9 Å². The highest BCUT2D eigenvalue weighted by Crippen LogP contribution is 2.26. The molecule has 0 aliphatic heterocycles. The van der Waals surface area contributed by atoms with Gasteiger partial charge in [0.05, 0.1) is 83.0 Å². The number of nitrogens with one attached hydrogen (secondary N) is 1. The Bertz CT molecular complexity index is 5200. The molecule has 0 fully saturated rings. The van der Waals surface area contributed by atoms with Crippen LogP contribution in [0.3, 0.4) is 0 Å². The zero-order valence-electron chi connectivity index (χ0n) is 61.6. The Kier molecular flexibility index (Phi) is 26.9. The molecule has 3 aromatic carbocycles. The Balaban J connectivity index is 0.000000165. The number of aryl methyl sites for hydroxylation is 3. The summed E-state index contributed by atoms with van der Waals surface area (Å²) >= 11 is 0. The molecule has 0 bridgehead atoms. The van der Waals surface area contributed by atoms with Crippen molar-refractivity contribution in [2.45, 2.75) is 180 Å². The highest BCUT2D eigenvalue weighted by atomic mass is 19.1. The molecule has 103 heavy (non-hydrogen) atoms. The number of rotatable bonds is 10. The molecular weight excluding hydrogens is 1320 g/mol. The van der Waals surface area contributed by atoms with Crippen LogP contribution < -0.4 is 11.3 Å². The summed E-state index contributed by atoms with van der Waals surface area (Å²) in [5, 5.41) is 21.6. The summed E-state index contributed by atoms with van der Waals surface area (Å²) in [4.78, 5) is 78.7. The van der Waals surface area contributed by atoms with Gasteiger partial charge in [0.1, 0.15) is 46.4 Å². The summed E-state index contributed by atoms with van der Waals surface area (Å²) in [5.74, 6) is -0.774. The number of benzene rings is 3. The summed E-state index contributed by atoms with van der Waals surface area (Å²) < 4.78 is 53.1. The smallest absolute Gasteiger partial charge is 0.288 e. The van der Waals surface area contributed by atoms with E-state index in [4.69, 9.17) is 5.73 Å². The van der Waals surface area contributed by atoms with E-state index in [1.54, 1.807) is 73.9 Å². The molecule has 14 rings (SSSR count). The number of aromatic amines is 1. The molecule has 3 N–H and O–H groups in total. The highest BCUT2D eigenvalue weighted by Gasteiger charge is 2.16. The minimum absolute atomic E-state index is 0.0315. The first-order valence-electron chi connectivity index (χ1n) is 33.6. The standard InChI is InChI=1S/C11H13FN2.C11H14N2.C10H12F2.C10H11N3O2.C8H11N5.C8H10N4O.C8H10N4.C7H10N2O2/c1-7(2)14-6-13-11-9(12)4-8(3)5-10(11)14;1-8(2)13-7-12-11-9(3)5-4-6-10(11)13;1-6(2)8-4-7(3)9(11)5-10(8)12;1-7(2)12-4-3-8-5-9(13(14)15)6-11-10(8)12;1-5(2)13-4-11-6-3-10-8(9)12-7(6)13;1-5(2)12-4-11-6-7(12)9-3-10-8(6)13;1-6(2)12-5-11-7-3-9-4-10-8(7)12;1-6(2)8-4-3-7(5-8)9(10)11/h4-7H,1-3H3;4-8H,1-3H3;4-6H,1-3H3;3-7H,1-2H3;3-5H,1-2H3,(H2,9,10,12);3-5H,1-2H3,(H,9,10,13);3-6H,1-2H3;3-6H,1-2H3. The first kappa shape index (κ1) is 78.7. The molecule has 27 nitrogen and oxygen atoms in total. The number of hydrogen-bond acceptors (Lipinski definition) is 17. The van der Waals surface area contributed by atoms with Crippen LogP contribution >= 0.6 is 0 Å². The average molecular weight is 1410 g/mol. The molecule has 0 atom stereocenters. The number of fused-ring (bicyclic) bond motifs is 6. The third-order valence-electron chi connectivity index (χ3n) is 16.0. The number of anilines is 1. The van der Waals surface area contributed by atoms with Gasteiger partial charge in [0, 0.05) is 78.3 Å². The van der Waals surface area contributed by atoms with E-state index in [2.05, 4.69) is 145 Å². The number of nitrogen functional groups attached to an aromatic ring is 1. The molecule has 30 heteroatoms. The summed E-state index contributed by atoms with van der Waals surface area (Å²) in [7, 11) is 0. The van der Waals surface area contributed by atoms with Gasteiger partial charge in [0.25, 0.3) is 16.9 Å². The van der Waals surface area contributed by atoms with Crippen molar-refractivity contribution in [3.8, 4) is 0 Å². The molecule has 0 saturated carbocycles. The van der Waals surface area contributed by atoms with Gasteiger partial charge in [0.2, 0.25) is 5.95 Å². The van der Waals surface area contributed by atoms with Crippen molar-refractivity contribution in [2.75, 3.05) is 5.73 Å². The maximum atomic E-state index is 13.4. The van der Waals surface area contributed by atoms with Crippen LogP contribution in [0.5, 0.6) is 0 Å². The van der Waals surface area contributed by atoms with Gasteiger partial charge in [-0.05, 0) is 170 Å². The van der Waals surface area contributed by atoms with Gasteiger partial charge in [-0.3, -0.25) is 25.0 Å². The van der Waals surface area contributed by atoms with E-state index in [0.717, 1.165) is 56.0 Å². The third-order valence-corrected chi connectivity index (χ3v) is 16.0. The lowest BCUT2D eigenvalue weighted by atomic mass is 10.0. The van der Waals surface area contributed by atoms with E-state index in [9.17, 15) is 38.2 Å². The van der Waals surface area contributed by atoms with E-state index in [-0.39, 0.29) is 46.7 Å². The van der Waals surface area contributed by atoms with Crippen molar-refractivity contribution < 1.29 is 23.0 Å². The van der Waals surface area contributed by atoms with Gasteiger partial charge in [-0.2, -0.15) is 4.98 Å². The molecule has 544 valence electrons. The molecule has 14 aromatic rings. The highest BCUT2D eigenvalue weighted by molar-refractivity contribution is 5.80. The van der Waals surface area contributed by atoms with Crippen LogP contribution in [0.2, 0.25) is 0 Å². The molecular formula is C73H91F3N22O5. The fraction of sp³-hybridized carbons (Fsp3) is 0.370. The van der Waals surface area contributed by atoms with Crippen LogP contribution in [0.25, 0.3) is 66.6 Å². The van der Waals surface area contributed by atoms with E-state index < -0.39 is 21.5 Å². The van der Waals surface area contributed by atoms with Gasteiger partial charge in [-0.15, -0.1) is 0 Å². The Morgan fingerprint density at radius 3 is 1.62 bits per heavy atom. The Hall–Kier alpha value is -11.6. The van der Waals surface area contributed by atoms with Crippen molar-refractivity contribution in [2.24, 2.45) is 0 Å². The van der Waals surface area contributed by atoms with Gasteiger partial charge in [-0.25, -0.2) is 63.0 Å². The minimum atomic E-state index is -0.475. The van der Waals surface area contributed by atoms with Crippen molar-refractivity contribution in [1.82, 2.24) is 91.8 Å². The number of imidazole rings is 5. The van der Waals surface area contributed by atoms with Gasteiger partial charge < -0.3 is 42.7 Å². The van der Waals surface area contributed by atoms with Gasteiger partial charge in [0.15, 0.2) is 28.3 Å². The lowest BCUT2D eigenvalue weighted by Crippen LogP contribution is -2.08. The number of para-hydroxylation sites is 1. The number of hydrogen-bond donors (Lipinski definition) is 2. The minimum Gasteiger partial charge on any atom is -0.368 e. The molecule has 11 heterocycles. The molecule has 0 aliphatic carbocycles. The molecule has 0 amide bonds. The van der Waals surface area contributed by atoms with Crippen molar-refractivity contribution in [3.05, 3.63) is 212 Å². The Morgan fingerprint density at radius 1 is 0.476 bits per heavy atom. The predicted octanol–water partition coefficient (Wildman–Crippen LogP) is 17.0. The number of nitrogens with zero attached hydrogens (tertiary/aromatic N) is 20. The van der Waals surface area contributed by atoms with Crippen molar-refractivity contribution in [3.63, 3.8) is 0 Å². The maximum Gasteiger partial charge on any atom is 0.288 e. The van der Waals surface area contributed by atoms with Crippen LogP contribution in [0.15, 0.2) is 147 Å². The van der Waals surface area contributed by atoms with E-state index in [0.29, 0.717) is 58.0 Å². The molecule has 0 unspecified atom stereocenters. The number of halogens is 3. The normalized spacial score (nSPS) is 11.2. The average Bonchev–Trinajstić information content (AvgIpc) is 1.71. The summed E-state index contributed by atoms with van der Waals surface area (Å²) in [6.07, 6.45) is 21.5. The fourth-order valence-corrected chi connectivity index (χ4v) is 10.4. The second-order valence-corrected chi connectivity index (χ2v) is 26.5. The molecule has 0 aliphatic rings. The zero-order valence-corrected chi connectivity index (χ0v) is 61.6. The van der Waals surface area contributed by atoms with Gasteiger partial charge >= 0.3 is 0 Å². The maximum absolute atomic E-state index is 13.4. The molecule has 0 saturated heterocycles. The predicted molar refractivity (Wildman–Crippen MR) is 397 cm³/mol. The lowest BCUT2D eigenvalue weighted by molar-refractivity contribution is -0.385. The number of pyridine rings is 1. The molecule has 0 spiro atoms. The third kappa shape index (κ3) is 19.9. The molecule has 11 aromatic heterocycles. The second kappa shape index (κ2) is 35.1. The first-order valence-corrected chi connectivity index (χ1v) is 33.6. The van der Waals surface area contributed by atoms with E-state index >= 15 is 0 Å². The molecule has 0 radical (unpaired) electrons. The Morgan fingerprint density at radius 2 is 1.04 bits per heavy atom. The van der Waals surface area contributed by atoms with Crippen LogP contribution in [0.4, 0.5) is 30.5 Å². The quantitative estimate of drug-likeness (QED) is 0.0949. The van der Waals surface area contributed by atoms with Crippen LogP contribution in [0.1, 0.15) is 181 Å². The summed E-state index contributed by atoms with van der Waals surface area (Å²) in [6, 6.07) is 19.5. The largest absolute Gasteiger partial charge is 0.368 e. The van der Waals surface area contributed by atoms with Crippen molar-refractivity contribution >= 4 is 83.9 Å². The number of H-pyrrole nitrogens is 1. The van der Waals surface area contributed by atoms with Crippen molar-refractivity contribution in [1.29, 1.82) is 0 Å². The lowest BCUT2D eigenvalue weighted by Gasteiger charge is -2.08. The topological polar surface area (TPSA) is 321 Å². The second-order valence-electron chi connectivity index (χ2n) is 26.5. The fourth-order valence-electron chi connectivity index (χ4n) is 10.4. The van der Waals surface area contributed by atoms with Crippen LogP contribution in [0, 0.1) is 58.5 Å². The Labute approximate surface area is 594 Å². The zero-order chi connectivity index (χ0) is 75.8. The number of nitrogens with two attached hydrogens (primary N) is 1. The summed E-state index contributed by atoms with van der Waals surface area (Å²) in [6.45, 7) is 38.3. The number of nitro groups is 2. The number of aromatic nitrogens is 19. The van der Waals surface area contributed by atoms with Gasteiger partial charge in [-0.1, -0.05) is 32.0 Å². The van der Waals surface area contributed by atoms with Crippen LogP contribution in [-0.4, -0.2) is 102 Å². The van der Waals surface area contributed by atoms with E-state index in [1.807, 2.05) is 110 Å². The summed E-state index contributed by atoms with van der Waals surface area (Å²) in [5.41, 5.74) is 17.6. The SMILES string of the molecule is CC(C)n1ccc([N+](=O)[O-])c1.CC(C)n1ccc2cc([N+](=O)[O-])cnc21.CC(C)n1cnc2c(=O)[nH]cnc21.CC(C)n1cnc2cnc(N)nc21.CC(C)n1cnc2cncnc21.Cc1cc(C(C)C)c(F)cc1F.Cc1cc(F)c2ncn(C(C)C)c2c1.Cc1cccc2c1ncn2C(C)C.